The molecule has 9 heteroatoms. The van der Waals surface area contributed by atoms with Gasteiger partial charge in [0.05, 0.1) is 23.1 Å². The molecule has 1 aromatic heterocycles. The van der Waals surface area contributed by atoms with Gasteiger partial charge in [-0.3, -0.25) is 14.7 Å². The molecular formula is C25H28F3N5O. The number of hydrogen-bond acceptors (Lipinski definition) is 5. The molecule has 0 bridgehead atoms. The molecular weight excluding hydrogens is 443 g/mol. The number of hydrogen-bond donors (Lipinski definition) is 0. The SMILES string of the molecule is CN(C)C(=O)C1CN(Cc2cccnc2)CC12CCN(c1ccc(C#N)c(C(F)(F)F)c1)CC2. The van der Waals surface area contributed by atoms with Crippen molar-refractivity contribution in [2.24, 2.45) is 11.3 Å². The van der Waals surface area contributed by atoms with Crippen molar-refractivity contribution in [2.45, 2.75) is 25.6 Å². The molecule has 0 aliphatic carbocycles. The average Bonchev–Trinajstić information content (AvgIpc) is 3.15. The van der Waals surface area contributed by atoms with Crippen LogP contribution in [0.5, 0.6) is 0 Å². The summed E-state index contributed by atoms with van der Waals surface area (Å²) in [6.45, 7) is 3.24. The van der Waals surface area contributed by atoms with E-state index >= 15 is 0 Å². The zero-order valence-electron chi connectivity index (χ0n) is 19.3. The molecule has 6 nitrogen and oxygen atoms in total. The second kappa shape index (κ2) is 9.26. The first-order valence-corrected chi connectivity index (χ1v) is 11.3. The van der Waals surface area contributed by atoms with Gasteiger partial charge in [0.2, 0.25) is 5.91 Å². The van der Waals surface area contributed by atoms with Gasteiger partial charge in [-0.15, -0.1) is 0 Å². The molecule has 2 saturated heterocycles. The highest BCUT2D eigenvalue weighted by Gasteiger charge is 2.51. The Bertz CT molecular complexity index is 1070. The zero-order chi connectivity index (χ0) is 24.5. The molecule has 1 aromatic carbocycles. The van der Waals surface area contributed by atoms with E-state index in [4.69, 9.17) is 5.26 Å². The number of anilines is 1. The molecule has 0 radical (unpaired) electrons. The Labute approximate surface area is 197 Å². The summed E-state index contributed by atoms with van der Waals surface area (Å²) in [6.07, 6.45) is 0.403. The average molecular weight is 472 g/mol. The van der Waals surface area contributed by atoms with Gasteiger partial charge in [-0.1, -0.05) is 6.07 Å². The fraction of sp³-hybridized carbons (Fsp3) is 0.480. The lowest BCUT2D eigenvalue weighted by molar-refractivity contribution is -0.138. The van der Waals surface area contributed by atoms with Crippen LogP contribution in [-0.2, 0) is 17.5 Å². The molecule has 180 valence electrons. The fourth-order valence-electron chi connectivity index (χ4n) is 5.37. The number of halogens is 3. The number of rotatable bonds is 4. The van der Waals surface area contributed by atoms with Crippen LogP contribution in [0.2, 0.25) is 0 Å². The molecule has 1 atom stereocenters. The molecule has 2 aromatic rings. The number of alkyl halides is 3. The molecule has 34 heavy (non-hydrogen) atoms. The highest BCUT2D eigenvalue weighted by atomic mass is 19.4. The summed E-state index contributed by atoms with van der Waals surface area (Å²) in [7, 11) is 3.54. The number of carbonyl (C=O) groups excluding carboxylic acids is 1. The first-order valence-electron chi connectivity index (χ1n) is 11.3. The van der Waals surface area contributed by atoms with Crippen LogP contribution in [0.3, 0.4) is 0 Å². The van der Waals surface area contributed by atoms with Gasteiger partial charge in [-0.2, -0.15) is 18.4 Å². The highest BCUT2D eigenvalue weighted by molar-refractivity contribution is 5.80. The largest absolute Gasteiger partial charge is 0.417 e. The van der Waals surface area contributed by atoms with Gasteiger partial charge in [0, 0.05) is 64.9 Å². The van der Waals surface area contributed by atoms with Crippen molar-refractivity contribution in [3.05, 3.63) is 59.4 Å². The van der Waals surface area contributed by atoms with Gasteiger partial charge in [0.1, 0.15) is 0 Å². The number of aromatic nitrogens is 1. The summed E-state index contributed by atoms with van der Waals surface area (Å²) in [5.41, 5.74) is 0.0480. The van der Waals surface area contributed by atoms with E-state index < -0.39 is 11.7 Å². The number of pyridine rings is 1. The van der Waals surface area contributed by atoms with Crippen molar-refractivity contribution >= 4 is 11.6 Å². The lowest BCUT2D eigenvalue weighted by atomic mass is 9.70. The molecule has 2 fully saturated rings. The molecule has 1 amide bonds. The Hall–Kier alpha value is -3.12. The second-order valence-electron chi connectivity index (χ2n) is 9.51. The number of nitriles is 1. The highest BCUT2D eigenvalue weighted by Crippen LogP contribution is 2.46. The van der Waals surface area contributed by atoms with E-state index in [1.54, 1.807) is 37.3 Å². The standard InChI is InChI=1S/C25H28F3N5O/c1-31(2)23(34)22-16-32(15-18-4-3-9-30-14-18)17-24(22)7-10-33(11-8-24)20-6-5-19(13-29)21(12-20)25(26,27)28/h3-6,9,12,14,22H,7-8,10-11,15-17H2,1-2H3. The van der Waals surface area contributed by atoms with Crippen molar-refractivity contribution in [1.29, 1.82) is 5.26 Å². The number of likely N-dealkylation sites (tertiary alicyclic amines) is 1. The summed E-state index contributed by atoms with van der Waals surface area (Å²) in [5.74, 6) is -0.0621. The Balaban J connectivity index is 1.53. The maximum atomic E-state index is 13.4. The van der Waals surface area contributed by atoms with Gasteiger partial charge in [0.15, 0.2) is 0 Å². The predicted molar refractivity (Wildman–Crippen MR) is 122 cm³/mol. The summed E-state index contributed by atoms with van der Waals surface area (Å²) in [4.78, 5) is 23.2. The summed E-state index contributed by atoms with van der Waals surface area (Å²) < 4.78 is 40.3. The number of carbonyl (C=O) groups is 1. The predicted octanol–water partition coefficient (Wildman–Crippen LogP) is 3.78. The number of nitrogens with zero attached hydrogens (tertiary/aromatic N) is 5. The van der Waals surface area contributed by atoms with E-state index in [1.165, 1.54) is 6.07 Å². The van der Waals surface area contributed by atoms with Crippen LogP contribution < -0.4 is 4.90 Å². The molecule has 0 N–H and O–H groups in total. The van der Waals surface area contributed by atoms with E-state index in [9.17, 15) is 18.0 Å². The Morgan fingerprint density at radius 3 is 2.59 bits per heavy atom. The van der Waals surface area contributed by atoms with E-state index in [2.05, 4.69) is 9.88 Å². The molecule has 1 unspecified atom stereocenters. The second-order valence-corrected chi connectivity index (χ2v) is 9.51. The minimum Gasteiger partial charge on any atom is -0.371 e. The van der Waals surface area contributed by atoms with E-state index in [-0.39, 0.29) is 22.8 Å². The summed E-state index contributed by atoms with van der Waals surface area (Å²) >= 11 is 0. The maximum absolute atomic E-state index is 13.4. The number of piperidine rings is 1. The van der Waals surface area contributed by atoms with Crippen molar-refractivity contribution in [2.75, 3.05) is 45.2 Å². The minimum absolute atomic E-state index is 0.0971. The smallest absolute Gasteiger partial charge is 0.371 e. The summed E-state index contributed by atoms with van der Waals surface area (Å²) in [5, 5.41) is 9.07. The molecule has 0 saturated carbocycles. The quantitative estimate of drug-likeness (QED) is 0.679. The third kappa shape index (κ3) is 4.73. The maximum Gasteiger partial charge on any atom is 0.417 e. The Kier molecular flexibility index (Phi) is 6.54. The summed E-state index contributed by atoms with van der Waals surface area (Å²) in [6, 6.07) is 9.45. The molecule has 2 aliphatic heterocycles. The van der Waals surface area contributed by atoms with Crippen molar-refractivity contribution in [3.63, 3.8) is 0 Å². The van der Waals surface area contributed by atoms with E-state index in [0.29, 0.717) is 44.7 Å². The Morgan fingerprint density at radius 2 is 2.00 bits per heavy atom. The minimum atomic E-state index is -4.58. The number of amides is 1. The van der Waals surface area contributed by atoms with Crippen LogP contribution in [-0.4, -0.2) is 61.0 Å². The molecule has 2 aliphatic rings. The van der Waals surface area contributed by atoms with Crippen LogP contribution in [0.15, 0.2) is 42.7 Å². The van der Waals surface area contributed by atoms with Crippen LogP contribution >= 0.6 is 0 Å². The van der Waals surface area contributed by atoms with Gasteiger partial charge >= 0.3 is 6.18 Å². The van der Waals surface area contributed by atoms with Gasteiger partial charge in [0.25, 0.3) is 0 Å². The Morgan fingerprint density at radius 1 is 1.26 bits per heavy atom. The normalized spacial score (nSPS) is 20.4. The lowest BCUT2D eigenvalue weighted by Gasteiger charge is -2.43. The van der Waals surface area contributed by atoms with Crippen molar-refractivity contribution < 1.29 is 18.0 Å². The first kappa shape index (κ1) is 24.0. The monoisotopic (exact) mass is 471 g/mol. The van der Waals surface area contributed by atoms with E-state index in [1.807, 2.05) is 23.2 Å². The van der Waals surface area contributed by atoms with Crippen LogP contribution in [0, 0.1) is 22.7 Å². The molecule has 3 heterocycles. The zero-order valence-corrected chi connectivity index (χ0v) is 19.3. The topological polar surface area (TPSA) is 63.5 Å². The van der Waals surface area contributed by atoms with Crippen molar-refractivity contribution in [1.82, 2.24) is 14.8 Å². The lowest BCUT2D eigenvalue weighted by Crippen LogP contribution is -2.48. The third-order valence-corrected chi connectivity index (χ3v) is 7.14. The molecule has 4 rings (SSSR count). The van der Waals surface area contributed by atoms with Crippen LogP contribution in [0.25, 0.3) is 0 Å². The third-order valence-electron chi connectivity index (χ3n) is 7.14. The fourth-order valence-corrected chi connectivity index (χ4v) is 5.37. The first-order chi connectivity index (χ1) is 16.1. The van der Waals surface area contributed by atoms with Crippen molar-refractivity contribution in [3.8, 4) is 6.07 Å². The van der Waals surface area contributed by atoms with Crippen LogP contribution in [0.4, 0.5) is 18.9 Å². The van der Waals surface area contributed by atoms with Gasteiger partial charge in [-0.05, 0) is 48.1 Å². The van der Waals surface area contributed by atoms with E-state index in [0.717, 1.165) is 18.2 Å². The van der Waals surface area contributed by atoms with Gasteiger partial charge < -0.3 is 9.80 Å². The van der Waals surface area contributed by atoms with Gasteiger partial charge in [-0.25, -0.2) is 0 Å². The number of benzene rings is 1. The molecule has 1 spiro atoms. The van der Waals surface area contributed by atoms with Crippen LogP contribution in [0.1, 0.15) is 29.5 Å².